The van der Waals surface area contributed by atoms with Gasteiger partial charge in [0.05, 0.1) is 12.6 Å². The number of hydrogen-bond donors (Lipinski definition) is 1. The summed E-state index contributed by atoms with van der Waals surface area (Å²) in [5.74, 6) is 0.977. The van der Waals surface area contributed by atoms with Gasteiger partial charge >= 0.3 is 5.97 Å². The molecule has 0 saturated heterocycles. The first kappa shape index (κ1) is 14.8. The molecule has 6 heteroatoms. The largest absolute Gasteiger partial charge is 0.493 e. The van der Waals surface area contributed by atoms with E-state index in [4.69, 9.17) is 9.47 Å². The lowest BCUT2D eigenvalue weighted by Crippen LogP contribution is -2.04. The number of fused-ring (bicyclic) bond motifs is 1. The van der Waals surface area contributed by atoms with E-state index >= 15 is 0 Å². The summed E-state index contributed by atoms with van der Waals surface area (Å²) in [7, 11) is 1.51. The van der Waals surface area contributed by atoms with Gasteiger partial charge in [-0.1, -0.05) is 18.2 Å². The number of rotatable bonds is 4. The second kappa shape index (κ2) is 6.31. The van der Waals surface area contributed by atoms with Crippen molar-refractivity contribution < 1.29 is 14.3 Å². The van der Waals surface area contributed by atoms with Crippen molar-refractivity contribution in [3.05, 3.63) is 48.8 Å². The number of carbonyl (C=O) groups is 1. The van der Waals surface area contributed by atoms with E-state index in [0.717, 1.165) is 11.1 Å². The Hall–Kier alpha value is -3.15. The van der Waals surface area contributed by atoms with Gasteiger partial charge in [-0.2, -0.15) is 0 Å². The van der Waals surface area contributed by atoms with Gasteiger partial charge in [0.2, 0.25) is 0 Å². The monoisotopic (exact) mass is 309 g/mol. The van der Waals surface area contributed by atoms with Crippen LogP contribution in [-0.4, -0.2) is 23.0 Å². The quantitative estimate of drug-likeness (QED) is 0.589. The van der Waals surface area contributed by atoms with Crippen LogP contribution in [0.15, 0.2) is 48.8 Å². The van der Waals surface area contributed by atoms with Crippen LogP contribution >= 0.6 is 0 Å². The Morgan fingerprint density at radius 2 is 1.87 bits per heavy atom. The van der Waals surface area contributed by atoms with Crippen molar-refractivity contribution in [2.24, 2.45) is 0 Å². The smallest absolute Gasteiger partial charge is 0.308 e. The third kappa shape index (κ3) is 3.21. The van der Waals surface area contributed by atoms with Gasteiger partial charge in [0, 0.05) is 24.1 Å². The lowest BCUT2D eigenvalue weighted by Gasteiger charge is -2.12. The van der Waals surface area contributed by atoms with Gasteiger partial charge in [-0.15, -0.1) is 0 Å². The summed E-state index contributed by atoms with van der Waals surface area (Å²) < 4.78 is 10.5. The Labute approximate surface area is 133 Å². The lowest BCUT2D eigenvalue weighted by molar-refractivity contribution is -0.132. The number of ether oxygens (including phenoxy) is 2. The summed E-state index contributed by atoms with van der Waals surface area (Å²) in [5, 5.41) is 3.96. The van der Waals surface area contributed by atoms with E-state index in [1.165, 1.54) is 20.4 Å². The van der Waals surface area contributed by atoms with Crippen molar-refractivity contribution in [3.8, 4) is 11.5 Å². The second-order valence-electron chi connectivity index (χ2n) is 4.83. The molecule has 1 aromatic heterocycles. The molecule has 2 aromatic carbocycles. The number of nitrogens with one attached hydrogen (secondary N) is 1. The van der Waals surface area contributed by atoms with Crippen molar-refractivity contribution in [1.82, 2.24) is 9.97 Å². The minimum atomic E-state index is -0.419. The molecule has 0 amide bonds. The van der Waals surface area contributed by atoms with Gasteiger partial charge in [-0.05, 0) is 18.2 Å². The van der Waals surface area contributed by atoms with Gasteiger partial charge in [0.1, 0.15) is 12.1 Å². The summed E-state index contributed by atoms with van der Waals surface area (Å²) >= 11 is 0. The topological polar surface area (TPSA) is 73.3 Å². The first-order valence-electron chi connectivity index (χ1n) is 7.00. The van der Waals surface area contributed by atoms with Crippen LogP contribution in [0.1, 0.15) is 6.92 Å². The predicted molar refractivity (Wildman–Crippen MR) is 87.1 cm³/mol. The van der Waals surface area contributed by atoms with E-state index < -0.39 is 5.97 Å². The Morgan fingerprint density at radius 1 is 1.09 bits per heavy atom. The molecule has 0 saturated carbocycles. The van der Waals surface area contributed by atoms with Crippen molar-refractivity contribution >= 4 is 28.4 Å². The fourth-order valence-electron chi connectivity index (χ4n) is 2.22. The Bertz CT molecular complexity index is 850. The van der Waals surface area contributed by atoms with Gasteiger partial charge in [0.15, 0.2) is 11.5 Å². The summed E-state index contributed by atoms with van der Waals surface area (Å²) in [5.41, 5.74) is 1.59. The Balaban J connectivity index is 2.10. The number of nitrogens with zero attached hydrogens (tertiary/aromatic N) is 2. The minimum absolute atomic E-state index is 0.332. The summed E-state index contributed by atoms with van der Waals surface area (Å²) in [6, 6.07) is 13.1. The predicted octanol–water partition coefficient (Wildman–Crippen LogP) is 3.31. The van der Waals surface area contributed by atoms with Crippen molar-refractivity contribution in [3.63, 3.8) is 0 Å². The van der Waals surface area contributed by atoms with Crippen LogP contribution in [0.4, 0.5) is 11.5 Å². The fourth-order valence-corrected chi connectivity index (χ4v) is 2.22. The molecular weight excluding hydrogens is 294 g/mol. The number of anilines is 2. The van der Waals surface area contributed by atoms with E-state index in [1.54, 1.807) is 12.1 Å². The van der Waals surface area contributed by atoms with Crippen LogP contribution in [0.25, 0.3) is 10.9 Å². The highest BCUT2D eigenvalue weighted by molar-refractivity contribution is 5.93. The second-order valence-corrected chi connectivity index (χ2v) is 4.83. The van der Waals surface area contributed by atoms with Crippen LogP contribution in [-0.2, 0) is 4.79 Å². The summed E-state index contributed by atoms with van der Waals surface area (Å²) in [6.07, 6.45) is 1.47. The molecule has 0 spiro atoms. The van der Waals surface area contributed by atoms with Crippen molar-refractivity contribution in [1.29, 1.82) is 0 Å². The van der Waals surface area contributed by atoms with Gasteiger partial charge in [-0.3, -0.25) is 4.79 Å². The van der Waals surface area contributed by atoms with E-state index in [0.29, 0.717) is 22.8 Å². The van der Waals surface area contributed by atoms with E-state index in [1.807, 2.05) is 30.3 Å². The van der Waals surface area contributed by atoms with Crippen LogP contribution < -0.4 is 14.8 Å². The average Bonchev–Trinajstić information content (AvgIpc) is 2.55. The molecule has 0 unspecified atom stereocenters. The van der Waals surface area contributed by atoms with Crippen molar-refractivity contribution in [2.75, 3.05) is 12.4 Å². The van der Waals surface area contributed by atoms with Crippen LogP contribution in [0.3, 0.4) is 0 Å². The molecule has 0 fully saturated rings. The van der Waals surface area contributed by atoms with Crippen LogP contribution in [0.5, 0.6) is 11.5 Å². The average molecular weight is 309 g/mol. The molecule has 0 aliphatic heterocycles. The molecule has 3 aromatic rings. The highest BCUT2D eigenvalue weighted by atomic mass is 16.6. The number of methoxy groups -OCH3 is 1. The number of aromatic nitrogens is 2. The van der Waals surface area contributed by atoms with Crippen LogP contribution in [0.2, 0.25) is 0 Å². The maximum Gasteiger partial charge on any atom is 0.308 e. The lowest BCUT2D eigenvalue weighted by atomic mass is 10.2. The molecule has 0 aliphatic rings. The zero-order chi connectivity index (χ0) is 16.2. The first-order valence-corrected chi connectivity index (χ1v) is 7.00. The molecule has 1 heterocycles. The third-order valence-corrected chi connectivity index (χ3v) is 3.21. The van der Waals surface area contributed by atoms with E-state index in [2.05, 4.69) is 15.3 Å². The zero-order valence-corrected chi connectivity index (χ0v) is 12.7. The summed E-state index contributed by atoms with van der Waals surface area (Å²) in [6.45, 7) is 1.34. The number of carbonyl (C=O) groups excluding carboxylic acids is 1. The molecule has 6 nitrogen and oxygen atoms in total. The Kier molecular flexibility index (Phi) is 4.05. The molecule has 116 valence electrons. The highest BCUT2D eigenvalue weighted by Crippen LogP contribution is 2.34. The SMILES string of the molecule is COc1cc2ncnc(Nc3ccccc3)c2cc1OC(C)=O. The van der Waals surface area contributed by atoms with Gasteiger partial charge in [-0.25, -0.2) is 9.97 Å². The van der Waals surface area contributed by atoms with Gasteiger partial charge in [0.25, 0.3) is 0 Å². The first-order chi connectivity index (χ1) is 11.2. The molecule has 23 heavy (non-hydrogen) atoms. The Morgan fingerprint density at radius 3 is 2.57 bits per heavy atom. The maximum absolute atomic E-state index is 11.3. The van der Waals surface area contributed by atoms with E-state index in [9.17, 15) is 4.79 Å². The maximum atomic E-state index is 11.3. The molecule has 0 atom stereocenters. The third-order valence-electron chi connectivity index (χ3n) is 3.21. The molecule has 0 aliphatic carbocycles. The summed E-state index contributed by atoms with van der Waals surface area (Å²) in [4.78, 5) is 19.8. The fraction of sp³-hybridized carbons (Fsp3) is 0.118. The number of benzene rings is 2. The minimum Gasteiger partial charge on any atom is -0.493 e. The molecule has 3 rings (SSSR count). The molecule has 0 radical (unpaired) electrons. The number of esters is 1. The number of para-hydroxylation sites is 1. The van der Waals surface area contributed by atoms with Crippen LogP contribution in [0, 0.1) is 0 Å². The molecule has 0 bridgehead atoms. The zero-order valence-electron chi connectivity index (χ0n) is 12.7. The number of hydrogen-bond acceptors (Lipinski definition) is 6. The van der Waals surface area contributed by atoms with Crippen molar-refractivity contribution in [2.45, 2.75) is 6.92 Å². The standard InChI is InChI=1S/C17H15N3O3/c1-11(21)23-16-8-13-14(9-15(16)22-2)18-10-19-17(13)20-12-6-4-3-5-7-12/h3-10H,1-2H3,(H,18,19,20). The molecular formula is C17H15N3O3. The normalized spacial score (nSPS) is 10.3. The molecule has 1 N–H and O–H groups in total. The van der Waals surface area contributed by atoms with E-state index in [-0.39, 0.29) is 0 Å². The highest BCUT2D eigenvalue weighted by Gasteiger charge is 2.13. The van der Waals surface area contributed by atoms with Gasteiger partial charge < -0.3 is 14.8 Å².